The Morgan fingerprint density at radius 1 is 0.542 bits per heavy atom. The van der Waals surface area contributed by atoms with E-state index in [9.17, 15) is 9.81 Å². The fourth-order valence-corrected chi connectivity index (χ4v) is 2.72. The first-order chi connectivity index (χ1) is 11.8. The molecule has 0 unspecified atom stereocenters. The second-order valence-corrected chi connectivity index (χ2v) is 5.51. The van der Waals surface area contributed by atoms with Gasteiger partial charge in [-0.1, -0.05) is 83.2 Å². The summed E-state index contributed by atoms with van der Waals surface area (Å²) < 4.78 is 0. The van der Waals surface area contributed by atoms with Crippen molar-refractivity contribution in [1.29, 1.82) is 0 Å². The van der Waals surface area contributed by atoms with Gasteiger partial charge >= 0.3 is 0 Å². The lowest BCUT2D eigenvalue weighted by Crippen LogP contribution is -1.87. The molecule has 0 amide bonds. The van der Waals surface area contributed by atoms with E-state index in [1.807, 2.05) is 60.7 Å². The molecule has 0 aromatic heterocycles. The molecule has 0 heterocycles. The molecule has 0 bridgehead atoms. The maximum absolute atomic E-state index is 10.4. The van der Waals surface area contributed by atoms with Gasteiger partial charge in [-0.2, -0.15) is 9.81 Å². The van der Waals surface area contributed by atoms with Gasteiger partial charge in [0.2, 0.25) is 0 Å². The zero-order valence-corrected chi connectivity index (χ0v) is 13.1. The quantitative estimate of drug-likeness (QED) is 0.559. The lowest BCUT2D eigenvalue weighted by Gasteiger charge is -2.11. The SMILES string of the molecule is O=NCc1ccc(-c2ccccc2-c2ccc(CN=O)cc2)cc1. The van der Waals surface area contributed by atoms with Gasteiger partial charge in [0.05, 0.1) is 0 Å². The standard InChI is InChI=1S/C20H16N2O2/c23-21-13-15-5-9-17(10-6-15)19-3-1-2-4-20(19)18-11-7-16(8-12-18)14-22-24/h1-12H,13-14H2. The van der Waals surface area contributed by atoms with Gasteiger partial charge in [0, 0.05) is 0 Å². The number of nitroso groups, excluding NO2 is 2. The summed E-state index contributed by atoms with van der Waals surface area (Å²) in [6.45, 7) is 0.377. The highest BCUT2D eigenvalue weighted by atomic mass is 16.3. The van der Waals surface area contributed by atoms with Crippen molar-refractivity contribution in [1.82, 2.24) is 0 Å². The number of nitrogens with zero attached hydrogens (tertiary/aromatic N) is 2. The van der Waals surface area contributed by atoms with Gasteiger partial charge in [0.1, 0.15) is 13.1 Å². The minimum Gasteiger partial charge on any atom is -0.150 e. The average molecular weight is 316 g/mol. The molecule has 3 aromatic rings. The normalized spacial score (nSPS) is 10.3. The summed E-state index contributed by atoms with van der Waals surface area (Å²) in [5, 5.41) is 5.83. The van der Waals surface area contributed by atoms with Crippen molar-refractivity contribution in [2.75, 3.05) is 0 Å². The van der Waals surface area contributed by atoms with Gasteiger partial charge in [0.25, 0.3) is 0 Å². The Morgan fingerprint density at radius 2 is 0.917 bits per heavy atom. The Labute approximate surface area is 140 Å². The van der Waals surface area contributed by atoms with Crippen LogP contribution in [0.1, 0.15) is 11.1 Å². The summed E-state index contributed by atoms with van der Waals surface area (Å²) in [6.07, 6.45) is 0. The predicted molar refractivity (Wildman–Crippen MR) is 96.3 cm³/mol. The topological polar surface area (TPSA) is 58.9 Å². The van der Waals surface area contributed by atoms with Crippen molar-refractivity contribution in [3.63, 3.8) is 0 Å². The molecule has 0 aliphatic rings. The molecule has 0 radical (unpaired) electrons. The largest absolute Gasteiger partial charge is 0.150 e. The van der Waals surface area contributed by atoms with Gasteiger partial charge in [0.15, 0.2) is 0 Å². The molecule has 3 rings (SSSR count). The molecule has 0 fully saturated rings. The number of benzene rings is 3. The first-order valence-corrected chi connectivity index (χ1v) is 7.67. The second-order valence-electron chi connectivity index (χ2n) is 5.51. The van der Waals surface area contributed by atoms with Crippen molar-refractivity contribution in [2.24, 2.45) is 10.4 Å². The molecule has 0 N–H and O–H groups in total. The van der Waals surface area contributed by atoms with Crippen molar-refractivity contribution in [2.45, 2.75) is 13.1 Å². The molecule has 0 aliphatic carbocycles. The van der Waals surface area contributed by atoms with Crippen molar-refractivity contribution in [3.8, 4) is 22.3 Å². The van der Waals surface area contributed by atoms with Crippen LogP contribution < -0.4 is 0 Å². The Balaban J connectivity index is 1.98. The summed E-state index contributed by atoms with van der Waals surface area (Å²) in [6, 6.07) is 23.9. The molecule has 0 saturated heterocycles. The summed E-state index contributed by atoms with van der Waals surface area (Å²) in [5.74, 6) is 0. The highest BCUT2D eigenvalue weighted by Gasteiger charge is 2.07. The molecule has 4 heteroatoms. The van der Waals surface area contributed by atoms with Gasteiger partial charge in [-0.3, -0.25) is 0 Å². The maximum atomic E-state index is 10.4. The molecule has 0 aliphatic heterocycles. The summed E-state index contributed by atoms with van der Waals surface area (Å²) in [5.41, 5.74) is 6.19. The molecule has 24 heavy (non-hydrogen) atoms. The molecule has 0 spiro atoms. The van der Waals surface area contributed by atoms with Crippen molar-refractivity contribution < 1.29 is 0 Å². The van der Waals surface area contributed by atoms with Crippen LogP contribution in [0.3, 0.4) is 0 Å². The smallest absolute Gasteiger partial charge is 0.106 e. The third kappa shape index (κ3) is 3.43. The minimum absolute atomic E-state index is 0.189. The van der Waals surface area contributed by atoms with Gasteiger partial charge < -0.3 is 0 Å². The highest BCUT2D eigenvalue weighted by Crippen LogP contribution is 2.32. The van der Waals surface area contributed by atoms with Crippen LogP contribution in [0.15, 0.2) is 83.2 Å². The van der Waals surface area contributed by atoms with E-state index in [1.54, 1.807) is 0 Å². The summed E-state index contributed by atoms with van der Waals surface area (Å²) in [4.78, 5) is 20.7. The van der Waals surface area contributed by atoms with E-state index in [0.29, 0.717) is 0 Å². The number of hydrogen-bond donors (Lipinski definition) is 0. The number of rotatable bonds is 6. The zero-order valence-electron chi connectivity index (χ0n) is 13.1. The van der Waals surface area contributed by atoms with E-state index in [1.165, 1.54) is 0 Å². The Morgan fingerprint density at radius 3 is 1.25 bits per heavy atom. The summed E-state index contributed by atoms with van der Waals surface area (Å²) in [7, 11) is 0. The van der Waals surface area contributed by atoms with E-state index < -0.39 is 0 Å². The van der Waals surface area contributed by atoms with E-state index >= 15 is 0 Å². The van der Waals surface area contributed by atoms with Gasteiger partial charge in [-0.15, -0.1) is 0 Å². The molecular weight excluding hydrogens is 300 g/mol. The van der Waals surface area contributed by atoms with E-state index in [0.717, 1.165) is 33.4 Å². The van der Waals surface area contributed by atoms with Crippen LogP contribution in [0.25, 0.3) is 22.3 Å². The lowest BCUT2D eigenvalue weighted by atomic mass is 9.93. The van der Waals surface area contributed by atoms with Crippen LogP contribution in [0, 0.1) is 9.81 Å². The van der Waals surface area contributed by atoms with Gasteiger partial charge in [-0.05, 0) is 33.4 Å². The predicted octanol–water partition coefficient (Wildman–Crippen LogP) is 5.55. The van der Waals surface area contributed by atoms with Gasteiger partial charge in [-0.25, -0.2) is 0 Å². The average Bonchev–Trinajstić information content (AvgIpc) is 2.64. The van der Waals surface area contributed by atoms with E-state index in [4.69, 9.17) is 0 Å². The van der Waals surface area contributed by atoms with Crippen LogP contribution in [0.5, 0.6) is 0 Å². The highest BCUT2D eigenvalue weighted by molar-refractivity contribution is 5.83. The van der Waals surface area contributed by atoms with Crippen molar-refractivity contribution >= 4 is 0 Å². The van der Waals surface area contributed by atoms with E-state index in [2.05, 4.69) is 22.5 Å². The van der Waals surface area contributed by atoms with Crippen LogP contribution in [0.4, 0.5) is 0 Å². The first kappa shape index (κ1) is 15.7. The van der Waals surface area contributed by atoms with Crippen LogP contribution in [-0.2, 0) is 13.1 Å². The van der Waals surface area contributed by atoms with Crippen LogP contribution in [0.2, 0.25) is 0 Å². The lowest BCUT2D eigenvalue weighted by molar-refractivity contribution is 1.05. The molecule has 3 aromatic carbocycles. The number of hydrogen-bond acceptors (Lipinski definition) is 4. The maximum Gasteiger partial charge on any atom is 0.106 e. The minimum atomic E-state index is 0.189. The first-order valence-electron chi connectivity index (χ1n) is 7.67. The third-order valence-electron chi connectivity index (χ3n) is 3.95. The Bertz CT molecular complexity index is 768. The summed E-state index contributed by atoms with van der Waals surface area (Å²) >= 11 is 0. The fraction of sp³-hybridized carbons (Fsp3) is 0.100. The Kier molecular flexibility index (Phi) is 4.87. The van der Waals surface area contributed by atoms with E-state index in [-0.39, 0.29) is 13.1 Å². The molecule has 118 valence electrons. The zero-order chi connectivity index (χ0) is 16.8. The fourth-order valence-electron chi connectivity index (χ4n) is 2.72. The van der Waals surface area contributed by atoms with Crippen molar-refractivity contribution in [3.05, 3.63) is 93.7 Å². The van der Waals surface area contributed by atoms with Crippen LogP contribution in [-0.4, -0.2) is 0 Å². The molecule has 0 saturated carbocycles. The molecular formula is C20H16N2O2. The monoisotopic (exact) mass is 316 g/mol. The second kappa shape index (κ2) is 7.42. The van der Waals surface area contributed by atoms with Crippen LogP contribution >= 0.6 is 0 Å². The Hall–Kier alpha value is -3.14. The molecule has 0 atom stereocenters. The third-order valence-corrected chi connectivity index (χ3v) is 3.95. The molecule has 4 nitrogen and oxygen atoms in total.